The highest BCUT2D eigenvalue weighted by atomic mass is 16.5. The molecule has 1 aromatic carbocycles. The standard InChI is InChI=1S/C14H19NO3/c1-10-13(16)15(3)9-14(2,18-10)11-6-5-7-12(8-11)17-4/h5-8,10H,9H2,1-4H3. The van der Waals surface area contributed by atoms with E-state index in [1.54, 1.807) is 26.0 Å². The van der Waals surface area contributed by atoms with Gasteiger partial charge in [-0.25, -0.2) is 0 Å². The predicted octanol–water partition coefficient (Wildman–Crippen LogP) is 1.79. The first-order valence-electron chi connectivity index (χ1n) is 6.03. The Morgan fingerprint density at radius 1 is 1.50 bits per heavy atom. The molecule has 2 atom stereocenters. The van der Waals surface area contributed by atoms with Crippen LogP contribution >= 0.6 is 0 Å². The Morgan fingerprint density at radius 2 is 2.22 bits per heavy atom. The number of rotatable bonds is 2. The highest BCUT2D eigenvalue weighted by Crippen LogP contribution is 2.33. The van der Waals surface area contributed by atoms with Crippen LogP contribution in [0.1, 0.15) is 19.4 Å². The van der Waals surface area contributed by atoms with Crippen molar-refractivity contribution in [2.45, 2.75) is 25.6 Å². The summed E-state index contributed by atoms with van der Waals surface area (Å²) in [5, 5.41) is 0. The van der Waals surface area contributed by atoms with E-state index in [1.807, 2.05) is 31.2 Å². The third-order valence-electron chi connectivity index (χ3n) is 3.38. The lowest BCUT2D eigenvalue weighted by Gasteiger charge is -2.42. The average molecular weight is 249 g/mol. The number of nitrogens with zero attached hydrogens (tertiary/aromatic N) is 1. The summed E-state index contributed by atoms with van der Waals surface area (Å²) >= 11 is 0. The summed E-state index contributed by atoms with van der Waals surface area (Å²) in [5.74, 6) is 0.819. The minimum Gasteiger partial charge on any atom is -0.497 e. The van der Waals surface area contributed by atoms with Gasteiger partial charge in [-0.05, 0) is 31.5 Å². The molecule has 4 nitrogen and oxygen atoms in total. The van der Waals surface area contributed by atoms with E-state index in [4.69, 9.17) is 9.47 Å². The van der Waals surface area contributed by atoms with E-state index in [1.165, 1.54) is 0 Å². The number of methoxy groups -OCH3 is 1. The van der Waals surface area contributed by atoms with Crippen molar-refractivity contribution in [3.05, 3.63) is 29.8 Å². The second-order valence-corrected chi connectivity index (χ2v) is 4.92. The van der Waals surface area contributed by atoms with Gasteiger partial charge in [-0.15, -0.1) is 0 Å². The van der Waals surface area contributed by atoms with Crippen LogP contribution in [0.4, 0.5) is 0 Å². The van der Waals surface area contributed by atoms with Crippen LogP contribution in [0.3, 0.4) is 0 Å². The zero-order valence-corrected chi connectivity index (χ0v) is 11.3. The van der Waals surface area contributed by atoms with Crippen molar-refractivity contribution in [2.75, 3.05) is 20.7 Å². The Balaban J connectivity index is 2.33. The van der Waals surface area contributed by atoms with Crippen LogP contribution in [0.2, 0.25) is 0 Å². The number of likely N-dealkylation sites (N-methyl/N-ethyl adjacent to an activating group) is 1. The largest absolute Gasteiger partial charge is 0.497 e. The fraction of sp³-hybridized carbons (Fsp3) is 0.500. The smallest absolute Gasteiger partial charge is 0.251 e. The minimum absolute atomic E-state index is 0.0235. The highest BCUT2D eigenvalue weighted by molar-refractivity contribution is 5.81. The molecule has 1 saturated heterocycles. The number of morpholine rings is 1. The van der Waals surface area contributed by atoms with Gasteiger partial charge in [0.2, 0.25) is 0 Å². The number of carbonyl (C=O) groups is 1. The summed E-state index contributed by atoms with van der Waals surface area (Å²) in [7, 11) is 3.45. The van der Waals surface area contributed by atoms with Crippen molar-refractivity contribution >= 4 is 5.91 Å². The predicted molar refractivity (Wildman–Crippen MR) is 68.5 cm³/mol. The van der Waals surface area contributed by atoms with Gasteiger partial charge < -0.3 is 14.4 Å². The lowest BCUT2D eigenvalue weighted by molar-refractivity contribution is -0.176. The summed E-state index contributed by atoms with van der Waals surface area (Å²) in [6.45, 7) is 4.33. The summed E-state index contributed by atoms with van der Waals surface area (Å²) in [6.07, 6.45) is -0.417. The van der Waals surface area contributed by atoms with Crippen LogP contribution in [0.5, 0.6) is 5.75 Å². The summed E-state index contributed by atoms with van der Waals surface area (Å²) in [6, 6.07) is 7.78. The fourth-order valence-corrected chi connectivity index (χ4v) is 2.43. The number of benzene rings is 1. The molecular formula is C14H19NO3. The molecule has 0 bridgehead atoms. The van der Waals surface area contributed by atoms with Crippen molar-refractivity contribution in [2.24, 2.45) is 0 Å². The fourth-order valence-electron chi connectivity index (χ4n) is 2.43. The third-order valence-corrected chi connectivity index (χ3v) is 3.38. The number of amides is 1. The Kier molecular flexibility index (Phi) is 3.30. The van der Waals surface area contributed by atoms with Crippen LogP contribution < -0.4 is 4.74 Å². The van der Waals surface area contributed by atoms with Crippen LogP contribution in [-0.4, -0.2) is 37.6 Å². The SMILES string of the molecule is COc1cccc(C2(C)CN(C)C(=O)C(C)O2)c1. The quantitative estimate of drug-likeness (QED) is 0.802. The van der Waals surface area contributed by atoms with Gasteiger partial charge in [-0.2, -0.15) is 0 Å². The van der Waals surface area contributed by atoms with Crippen LogP contribution in [0.15, 0.2) is 24.3 Å². The molecule has 1 aliphatic rings. The molecule has 0 spiro atoms. The van der Waals surface area contributed by atoms with Crippen molar-refractivity contribution in [3.63, 3.8) is 0 Å². The number of carbonyl (C=O) groups excluding carboxylic acids is 1. The molecule has 1 heterocycles. The Morgan fingerprint density at radius 3 is 2.83 bits per heavy atom. The Hall–Kier alpha value is -1.55. The average Bonchev–Trinajstić information content (AvgIpc) is 2.36. The van der Waals surface area contributed by atoms with E-state index in [2.05, 4.69) is 0 Å². The van der Waals surface area contributed by atoms with Crippen LogP contribution in [0, 0.1) is 0 Å². The minimum atomic E-state index is -0.489. The first-order chi connectivity index (χ1) is 8.46. The van der Waals surface area contributed by atoms with Gasteiger partial charge >= 0.3 is 0 Å². The molecule has 1 aromatic rings. The molecular weight excluding hydrogens is 230 g/mol. The van der Waals surface area contributed by atoms with Crippen LogP contribution in [-0.2, 0) is 15.1 Å². The molecule has 18 heavy (non-hydrogen) atoms. The molecule has 1 fully saturated rings. The zero-order chi connectivity index (χ0) is 13.3. The normalized spacial score (nSPS) is 28.3. The molecule has 2 rings (SSSR count). The molecule has 0 radical (unpaired) electrons. The summed E-state index contributed by atoms with van der Waals surface area (Å²) in [5.41, 5.74) is 0.532. The third kappa shape index (κ3) is 2.20. The molecule has 0 N–H and O–H groups in total. The number of hydrogen-bond donors (Lipinski definition) is 0. The molecule has 0 aliphatic carbocycles. The maximum atomic E-state index is 11.7. The number of ether oxygens (including phenoxy) is 2. The zero-order valence-electron chi connectivity index (χ0n) is 11.3. The van der Waals surface area contributed by atoms with Crippen molar-refractivity contribution in [1.82, 2.24) is 4.90 Å². The monoisotopic (exact) mass is 249 g/mol. The van der Waals surface area contributed by atoms with Gasteiger partial charge in [0.1, 0.15) is 17.5 Å². The molecule has 0 aromatic heterocycles. The molecule has 98 valence electrons. The second-order valence-electron chi connectivity index (χ2n) is 4.92. The molecule has 4 heteroatoms. The van der Waals surface area contributed by atoms with Crippen molar-refractivity contribution in [1.29, 1.82) is 0 Å². The highest BCUT2D eigenvalue weighted by Gasteiger charge is 2.40. The molecule has 1 aliphatic heterocycles. The van der Waals surface area contributed by atoms with E-state index >= 15 is 0 Å². The first-order valence-corrected chi connectivity index (χ1v) is 6.03. The maximum absolute atomic E-state index is 11.7. The second kappa shape index (κ2) is 4.61. The van der Waals surface area contributed by atoms with Gasteiger partial charge in [0.25, 0.3) is 5.91 Å². The van der Waals surface area contributed by atoms with Crippen LogP contribution in [0.25, 0.3) is 0 Å². The lowest BCUT2D eigenvalue weighted by atomic mass is 9.93. The molecule has 0 saturated carbocycles. The first kappa shape index (κ1) is 12.9. The Labute approximate surface area is 107 Å². The molecule has 1 amide bonds. The maximum Gasteiger partial charge on any atom is 0.251 e. The van der Waals surface area contributed by atoms with Gasteiger partial charge in [-0.3, -0.25) is 4.79 Å². The van der Waals surface area contributed by atoms with E-state index in [9.17, 15) is 4.79 Å². The van der Waals surface area contributed by atoms with Gasteiger partial charge in [0, 0.05) is 7.05 Å². The number of hydrogen-bond acceptors (Lipinski definition) is 3. The van der Waals surface area contributed by atoms with Crippen molar-refractivity contribution < 1.29 is 14.3 Å². The van der Waals surface area contributed by atoms with Crippen molar-refractivity contribution in [3.8, 4) is 5.75 Å². The Bertz CT molecular complexity index is 444. The lowest BCUT2D eigenvalue weighted by Crippen LogP contribution is -2.53. The van der Waals surface area contributed by atoms with E-state index in [0.29, 0.717) is 6.54 Å². The summed E-state index contributed by atoms with van der Waals surface area (Å²) < 4.78 is 11.1. The van der Waals surface area contributed by atoms with E-state index in [0.717, 1.165) is 11.3 Å². The summed E-state index contributed by atoms with van der Waals surface area (Å²) in [4.78, 5) is 13.5. The van der Waals surface area contributed by atoms with E-state index in [-0.39, 0.29) is 5.91 Å². The van der Waals surface area contributed by atoms with Gasteiger partial charge in [0.15, 0.2) is 0 Å². The van der Waals surface area contributed by atoms with E-state index < -0.39 is 11.7 Å². The molecule has 2 unspecified atom stereocenters. The van der Waals surface area contributed by atoms with Gasteiger partial charge in [0.05, 0.1) is 13.7 Å². The topological polar surface area (TPSA) is 38.8 Å². The van der Waals surface area contributed by atoms with Gasteiger partial charge in [-0.1, -0.05) is 12.1 Å².